The van der Waals surface area contributed by atoms with Gasteiger partial charge in [0.25, 0.3) is 0 Å². The maximum atomic E-state index is 9.74. The molecule has 3 N–H and O–H groups in total. The Morgan fingerprint density at radius 1 is 1.00 bits per heavy atom. The van der Waals surface area contributed by atoms with E-state index >= 15 is 0 Å². The van der Waals surface area contributed by atoms with E-state index in [2.05, 4.69) is 5.32 Å². The van der Waals surface area contributed by atoms with Crippen LogP contribution in [0.2, 0.25) is 0 Å². The number of hydrogen-bond acceptors (Lipinski definition) is 3. The lowest BCUT2D eigenvalue weighted by molar-refractivity contribution is 0.0809. The number of aliphatic hydroxyl groups excluding tert-OH is 2. The van der Waals surface area contributed by atoms with E-state index in [4.69, 9.17) is 17.3 Å². The van der Waals surface area contributed by atoms with Gasteiger partial charge in [0.15, 0.2) is 0 Å². The second-order valence-corrected chi connectivity index (χ2v) is 5.28. The average molecular weight is 301 g/mol. The van der Waals surface area contributed by atoms with Crippen molar-refractivity contribution in [1.29, 1.82) is 0 Å². The molecular formula is C17H19NO2S. The largest absolute Gasteiger partial charge is 0.394 e. The molecule has 0 amide bonds. The zero-order valence-corrected chi connectivity index (χ0v) is 12.5. The predicted molar refractivity (Wildman–Crippen MR) is 88.2 cm³/mol. The van der Waals surface area contributed by atoms with Crippen LogP contribution in [0.25, 0.3) is 0 Å². The van der Waals surface area contributed by atoms with Crippen LogP contribution in [0.5, 0.6) is 0 Å². The highest BCUT2D eigenvalue weighted by Gasteiger charge is 2.17. The summed E-state index contributed by atoms with van der Waals surface area (Å²) in [5, 5.41) is 22.1. The Hall–Kier alpha value is -1.75. The maximum Gasteiger partial charge on any atom is 0.107 e. The minimum atomic E-state index is -0.777. The third-order valence-corrected chi connectivity index (χ3v) is 3.62. The molecule has 0 aromatic heterocycles. The Morgan fingerprint density at radius 2 is 1.57 bits per heavy atom. The van der Waals surface area contributed by atoms with Crippen LogP contribution >= 0.6 is 12.2 Å². The molecule has 2 aromatic rings. The number of nitrogens with one attached hydrogen (secondary N) is 1. The molecule has 0 saturated heterocycles. The minimum absolute atomic E-state index is 0.138. The summed E-state index contributed by atoms with van der Waals surface area (Å²) < 4.78 is 0. The van der Waals surface area contributed by atoms with Crippen LogP contribution in [-0.4, -0.2) is 27.9 Å². The van der Waals surface area contributed by atoms with E-state index in [0.717, 1.165) is 11.1 Å². The molecule has 0 radical (unpaired) electrons. The van der Waals surface area contributed by atoms with Crippen molar-refractivity contribution < 1.29 is 10.2 Å². The highest BCUT2D eigenvalue weighted by Crippen LogP contribution is 2.19. The van der Waals surface area contributed by atoms with Crippen LogP contribution in [0.4, 0.5) is 0 Å². The number of benzene rings is 2. The number of thiocarbonyl (C=S) groups is 1. The summed E-state index contributed by atoms with van der Waals surface area (Å²) in [6, 6.07) is 19.4. The summed E-state index contributed by atoms with van der Waals surface area (Å²) >= 11 is 5.43. The monoisotopic (exact) mass is 301 g/mol. The van der Waals surface area contributed by atoms with Crippen LogP contribution < -0.4 is 5.32 Å². The van der Waals surface area contributed by atoms with Gasteiger partial charge in [-0.15, -0.1) is 0 Å². The predicted octanol–water partition coefficient (Wildman–Crippen LogP) is 2.44. The van der Waals surface area contributed by atoms with Gasteiger partial charge in [0.2, 0.25) is 0 Å². The molecule has 3 nitrogen and oxygen atoms in total. The molecule has 2 atom stereocenters. The Balaban J connectivity index is 2.14. The lowest BCUT2D eigenvalue weighted by atomic mass is 10.0. The fraction of sp³-hybridized carbons (Fsp3) is 0.235. The first kappa shape index (κ1) is 15.6. The normalized spacial score (nSPS) is 13.4. The van der Waals surface area contributed by atoms with Gasteiger partial charge in [-0.3, -0.25) is 0 Å². The summed E-state index contributed by atoms with van der Waals surface area (Å²) in [5.74, 6) is 0. The van der Waals surface area contributed by atoms with Gasteiger partial charge in [0, 0.05) is 5.56 Å². The number of aliphatic hydroxyl groups is 2. The van der Waals surface area contributed by atoms with Gasteiger partial charge in [-0.2, -0.15) is 0 Å². The van der Waals surface area contributed by atoms with E-state index in [1.54, 1.807) is 0 Å². The van der Waals surface area contributed by atoms with Gasteiger partial charge in [-0.1, -0.05) is 72.9 Å². The van der Waals surface area contributed by atoms with Crippen molar-refractivity contribution in [3.63, 3.8) is 0 Å². The molecule has 21 heavy (non-hydrogen) atoms. The van der Waals surface area contributed by atoms with Crippen molar-refractivity contribution in [2.24, 2.45) is 0 Å². The molecule has 0 unspecified atom stereocenters. The second kappa shape index (κ2) is 7.88. The molecule has 110 valence electrons. The van der Waals surface area contributed by atoms with Gasteiger partial charge >= 0.3 is 0 Å². The maximum absolute atomic E-state index is 9.74. The zero-order chi connectivity index (χ0) is 15.1. The van der Waals surface area contributed by atoms with Crippen molar-refractivity contribution in [2.75, 3.05) is 6.61 Å². The molecule has 0 aliphatic carbocycles. The standard InChI is InChI=1S/C17H19NO2S/c19-12-15(20)11-16(13-7-3-1-4-8-13)18-17(21)14-9-5-2-6-10-14/h1-10,15-16,19-20H,11-12H2,(H,18,21)/t15-,16-/m0/s1. The van der Waals surface area contributed by atoms with E-state index in [9.17, 15) is 5.11 Å². The highest BCUT2D eigenvalue weighted by atomic mass is 32.1. The Labute approximate surface area is 130 Å². The highest BCUT2D eigenvalue weighted by molar-refractivity contribution is 7.80. The van der Waals surface area contributed by atoms with E-state index < -0.39 is 6.10 Å². The molecule has 4 heteroatoms. The van der Waals surface area contributed by atoms with Gasteiger partial charge in [-0.25, -0.2) is 0 Å². The Kier molecular flexibility index (Phi) is 5.87. The number of rotatable bonds is 6. The number of hydrogen-bond donors (Lipinski definition) is 3. The first-order chi connectivity index (χ1) is 10.2. The lowest BCUT2D eigenvalue weighted by Gasteiger charge is -2.23. The molecule has 2 aromatic carbocycles. The first-order valence-corrected chi connectivity index (χ1v) is 7.31. The van der Waals surface area contributed by atoms with E-state index in [1.807, 2.05) is 60.7 Å². The summed E-state index contributed by atoms with van der Waals surface area (Å²) in [6.07, 6.45) is -0.380. The van der Waals surface area contributed by atoms with Crippen molar-refractivity contribution in [3.05, 3.63) is 71.8 Å². The van der Waals surface area contributed by atoms with Crippen LogP contribution in [0.15, 0.2) is 60.7 Å². The lowest BCUT2D eigenvalue weighted by Crippen LogP contribution is -2.31. The van der Waals surface area contributed by atoms with Gasteiger partial charge < -0.3 is 15.5 Å². The van der Waals surface area contributed by atoms with Crippen molar-refractivity contribution in [1.82, 2.24) is 5.32 Å². The third-order valence-electron chi connectivity index (χ3n) is 3.26. The van der Waals surface area contributed by atoms with Crippen LogP contribution in [0, 0.1) is 0 Å². The fourth-order valence-electron chi connectivity index (χ4n) is 2.14. The molecule has 0 aliphatic heterocycles. The smallest absolute Gasteiger partial charge is 0.107 e. The SMILES string of the molecule is OC[C@@H](O)C[C@H](NC(=S)c1ccccc1)c1ccccc1. The molecule has 0 spiro atoms. The summed E-state index contributed by atoms with van der Waals surface area (Å²) in [4.78, 5) is 0.634. The van der Waals surface area contributed by atoms with E-state index in [0.29, 0.717) is 11.4 Å². The summed E-state index contributed by atoms with van der Waals surface area (Å²) in [7, 11) is 0. The minimum Gasteiger partial charge on any atom is -0.394 e. The third kappa shape index (κ3) is 4.63. The molecule has 0 bridgehead atoms. The van der Waals surface area contributed by atoms with E-state index in [1.165, 1.54) is 0 Å². The molecule has 0 saturated carbocycles. The molecule has 2 rings (SSSR count). The molecule has 0 heterocycles. The first-order valence-electron chi connectivity index (χ1n) is 6.90. The van der Waals surface area contributed by atoms with Crippen molar-refractivity contribution in [2.45, 2.75) is 18.6 Å². The molecule has 0 fully saturated rings. The van der Waals surface area contributed by atoms with Gasteiger partial charge in [-0.05, 0) is 12.0 Å². The summed E-state index contributed by atoms with van der Waals surface area (Å²) in [5.41, 5.74) is 1.97. The second-order valence-electron chi connectivity index (χ2n) is 4.87. The van der Waals surface area contributed by atoms with Crippen molar-refractivity contribution in [3.8, 4) is 0 Å². The summed E-state index contributed by atoms with van der Waals surface area (Å²) in [6.45, 7) is -0.261. The average Bonchev–Trinajstić information content (AvgIpc) is 2.55. The Bertz CT molecular complexity index is 560. The van der Waals surface area contributed by atoms with Gasteiger partial charge in [0.1, 0.15) is 4.99 Å². The fourth-order valence-corrected chi connectivity index (χ4v) is 2.42. The van der Waals surface area contributed by atoms with Crippen LogP contribution in [-0.2, 0) is 0 Å². The Morgan fingerprint density at radius 3 is 2.14 bits per heavy atom. The molecule has 0 aliphatic rings. The topological polar surface area (TPSA) is 52.5 Å². The molecular weight excluding hydrogens is 282 g/mol. The van der Waals surface area contributed by atoms with Crippen LogP contribution in [0.3, 0.4) is 0 Å². The van der Waals surface area contributed by atoms with E-state index in [-0.39, 0.29) is 12.6 Å². The quantitative estimate of drug-likeness (QED) is 0.717. The van der Waals surface area contributed by atoms with Crippen LogP contribution in [0.1, 0.15) is 23.6 Å². The zero-order valence-electron chi connectivity index (χ0n) is 11.6. The van der Waals surface area contributed by atoms with Crippen molar-refractivity contribution >= 4 is 17.2 Å². The van der Waals surface area contributed by atoms with Gasteiger partial charge in [0.05, 0.1) is 18.8 Å².